The van der Waals surface area contributed by atoms with Crippen LogP contribution in [0.25, 0.3) is 0 Å². The van der Waals surface area contributed by atoms with Gasteiger partial charge in [0.1, 0.15) is 5.75 Å². The number of rotatable bonds is 1. The SMILES string of the molecule is COc1cccc2c1N(C(=O)N(C)C)CCC2=O. The van der Waals surface area contributed by atoms with Crippen LogP contribution in [-0.4, -0.2) is 44.5 Å². The molecule has 0 bridgehead atoms. The Balaban J connectivity index is 2.54. The molecule has 2 amide bonds. The number of ketones is 1. The van der Waals surface area contributed by atoms with Gasteiger partial charge in [-0.2, -0.15) is 0 Å². The average molecular weight is 248 g/mol. The first-order chi connectivity index (χ1) is 8.56. The minimum atomic E-state index is -0.145. The van der Waals surface area contributed by atoms with Crippen LogP contribution in [0, 0.1) is 0 Å². The third-order valence-electron chi connectivity index (χ3n) is 2.97. The largest absolute Gasteiger partial charge is 0.495 e. The van der Waals surface area contributed by atoms with Crippen molar-refractivity contribution in [2.75, 3.05) is 32.6 Å². The molecule has 0 saturated heterocycles. The molecule has 0 radical (unpaired) electrons. The zero-order valence-electron chi connectivity index (χ0n) is 10.8. The van der Waals surface area contributed by atoms with Crippen LogP contribution in [0.2, 0.25) is 0 Å². The summed E-state index contributed by atoms with van der Waals surface area (Å²) in [7, 11) is 4.91. The Kier molecular flexibility index (Phi) is 3.23. The number of hydrogen-bond donors (Lipinski definition) is 0. The van der Waals surface area contributed by atoms with E-state index in [1.165, 1.54) is 12.0 Å². The molecule has 5 heteroatoms. The standard InChI is InChI=1S/C13H16N2O3/c1-14(2)13(17)15-8-7-10(16)9-5-4-6-11(18-3)12(9)15/h4-6H,7-8H2,1-3H3. The van der Waals surface area contributed by atoms with E-state index in [-0.39, 0.29) is 11.8 Å². The topological polar surface area (TPSA) is 49.9 Å². The molecule has 1 aromatic carbocycles. The van der Waals surface area contributed by atoms with Gasteiger partial charge in [-0.1, -0.05) is 6.07 Å². The van der Waals surface area contributed by atoms with Crippen molar-refractivity contribution in [1.29, 1.82) is 0 Å². The van der Waals surface area contributed by atoms with E-state index in [1.807, 2.05) is 0 Å². The Morgan fingerprint density at radius 2 is 2.11 bits per heavy atom. The molecular formula is C13H16N2O3. The first-order valence-electron chi connectivity index (χ1n) is 5.75. The molecule has 0 aromatic heterocycles. The summed E-state index contributed by atoms with van der Waals surface area (Å²) in [6.07, 6.45) is 0.347. The van der Waals surface area contributed by atoms with Crippen LogP contribution in [0.3, 0.4) is 0 Å². The van der Waals surface area contributed by atoms with Gasteiger partial charge < -0.3 is 9.64 Å². The number of Topliss-reactive ketones (excluding diaryl/α,β-unsaturated/α-hetero) is 1. The Morgan fingerprint density at radius 1 is 1.39 bits per heavy atom. The molecule has 0 atom stereocenters. The van der Waals surface area contributed by atoms with Gasteiger partial charge in [0.15, 0.2) is 5.78 Å². The second-order valence-corrected chi connectivity index (χ2v) is 4.36. The lowest BCUT2D eigenvalue weighted by atomic mass is 10.00. The zero-order chi connectivity index (χ0) is 13.3. The molecular weight excluding hydrogens is 232 g/mol. The smallest absolute Gasteiger partial charge is 0.324 e. The molecule has 0 fully saturated rings. The third kappa shape index (κ3) is 1.92. The van der Waals surface area contributed by atoms with Crippen molar-refractivity contribution in [3.05, 3.63) is 23.8 Å². The van der Waals surface area contributed by atoms with E-state index >= 15 is 0 Å². The molecule has 1 heterocycles. The fraction of sp³-hybridized carbons (Fsp3) is 0.385. The summed E-state index contributed by atoms with van der Waals surface area (Å²) < 4.78 is 5.26. The number of methoxy groups -OCH3 is 1. The summed E-state index contributed by atoms with van der Waals surface area (Å²) >= 11 is 0. The first kappa shape index (κ1) is 12.4. The summed E-state index contributed by atoms with van der Waals surface area (Å²) in [4.78, 5) is 27.1. The van der Waals surface area contributed by atoms with Gasteiger partial charge >= 0.3 is 6.03 Å². The van der Waals surface area contributed by atoms with Gasteiger partial charge in [-0.25, -0.2) is 4.79 Å². The van der Waals surface area contributed by atoms with Crippen molar-refractivity contribution >= 4 is 17.5 Å². The lowest BCUT2D eigenvalue weighted by Crippen LogP contribution is -2.43. The van der Waals surface area contributed by atoms with Crippen molar-refractivity contribution in [2.45, 2.75) is 6.42 Å². The van der Waals surface area contributed by atoms with E-state index in [9.17, 15) is 9.59 Å². The van der Waals surface area contributed by atoms with E-state index < -0.39 is 0 Å². The minimum Gasteiger partial charge on any atom is -0.495 e. The van der Waals surface area contributed by atoms with Gasteiger partial charge in [-0.3, -0.25) is 9.69 Å². The number of fused-ring (bicyclic) bond motifs is 1. The summed E-state index contributed by atoms with van der Waals surface area (Å²) in [6.45, 7) is 0.392. The van der Waals surface area contributed by atoms with E-state index in [4.69, 9.17) is 4.74 Å². The molecule has 5 nitrogen and oxygen atoms in total. The van der Waals surface area contributed by atoms with Crippen LogP contribution in [0.1, 0.15) is 16.8 Å². The maximum Gasteiger partial charge on any atom is 0.324 e. The zero-order valence-corrected chi connectivity index (χ0v) is 10.8. The van der Waals surface area contributed by atoms with Gasteiger partial charge in [-0.05, 0) is 12.1 Å². The first-order valence-corrected chi connectivity index (χ1v) is 5.75. The highest BCUT2D eigenvalue weighted by Gasteiger charge is 2.30. The summed E-state index contributed by atoms with van der Waals surface area (Å²) in [5.74, 6) is 0.599. The lowest BCUT2D eigenvalue weighted by molar-refractivity contribution is 0.0980. The molecule has 0 N–H and O–H groups in total. The number of carbonyl (C=O) groups is 2. The molecule has 0 unspecified atom stereocenters. The number of amides is 2. The van der Waals surface area contributed by atoms with E-state index in [0.29, 0.717) is 30.0 Å². The molecule has 96 valence electrons. The van der Waals surface area contributed by atoms with Gasteiger partial charge in [0.05, 0.1) is 12.8 Å². The summed E-state index contributed by atoms with van der Waals surface area (Å²) in [5, 5.41) is 0. The molecule has 0 saturated carbocycles. The van der Waals surface area contributed by atoms with Gasteiger partial charge in [0, 0.05) is 32.6 Å². The van der Waals surface area contributed by atoms with E-state index in [0.717, 1.165) is 0 Å². The Morgan fingerprint density at radius 3 is 2.72 bits per heavy atom. The van der Waals surface area contributed by atoms with Gasteiger partial charge in [0.25, 0.3) is 0 Å². The predicted octanol–water partition coefficient (Wildman–Crippen LogP) is 1.77. The number of hydrogen-bond acceptors (Lipinski definition) is 3. The minimum absolute atomic E-state index is 0.0479. The highest BCUT2D eigenvalue weighted by molar-refractivity contribution is 6.09. The lowest BCUT2D eigenvalue weighted by Gasteiger charge is -2.31. The average Bonchev–Trinajstić information content (AvgIpc) is 2.38. The van der Waals surface area contributed by atoms with Crippen molar-refractivity contribution in [2.24, 2.45) is 0 Å². The van der Waals surface area contributed by atoms with Crippen LogP contribution in [0.4, 0.5) is 10.5 Å². The van der Waals surface area contributed by atoms with E-state index in [1.54, 1.807) is 37.2 Å². The van der Waals surface area contributed by atoms with Crippen LogP contribution < -0.4 is 9.64 Å². The number of para-hydroxylation sites is 1. The fourth-order valence-electron chi connectivity index (χ4n) is 2.08. The van der Waals surface area contributed by atoms with Gasteiger partial charge in [-0.15, -0.1) is 0 Å². The van der Waals surface area contributed by atoms with Crippen LogP contribution >= 0.6 is 0 Å². The number of anilines is 1. The van der Waals surface area contributed by atoms with E-state index in [2.05, 4.69) is 0 Å². The number of nitrogens with zero attached hydrogens (tertiary/aromatic N) is 2. The van der Waals surface area contributed by atoms with Crippen LogP contribution in [0.5, 0.6) is 5.75 Å². The predicted molar refractivity (Wildman–Crippen MR) is 68.4 cm³/mol. The quantitative estimate of drug-likeness (QED) is 0.761. The molecule has 1 aromatic rings. The molecule has 1 aliphatic rings. The fourth-order valence-corrected chi connectivity index (χ4v) is 2.08. The van der Waals surface area contributed by atoms with Crippen LogP contribution in [-0.2, 0) is 0 Å². The monoisotopic (exact) mass is 248 g/mol. The summed E-state index contributed by atoms with van der Waals surface area (Å²) in [5.41, 5.74) is 1.13. The van der Waals surface area contributed by atoms with Crippen LogP contribution in [0.15, 0.2) is 18.2 Å². The normalized spacial score (nSPS) is 14.2. The summed E-state index contributed by atoms with van der Waals surface area (Å²) in [6, 6.07) is 5.11. The third-order valence-corrected chi connectivity index (χ3v) is 2.97. The second-order valence-electron chi connectivity index (χ2n) is 4.36. The van der Waals surface area contributed by atoms with Gasteiger partial charge in [0.2, 0.25) is 0 Å². The Bertz CT molecular complexity index is 497. The maximum absolute atomic E-state index is 12.1. The van der Waals surface area contributed by atoms with Crippen molar-refractivity contribution in [3.8, 4) is 5.75 Å². The van der Waals surface area contributed by atoms with Crippen molar-refractivity contribution in [1.82, 2.24) is 4.90 Å². The molecule has 2 rings (SSSR count). The second kappa shape index (κ2) is 4.68. The number of benzene rings is 1. The highest BCUT2D eigenvalue weighted by Crippen LogP contribution is 2.36. The number of ether oxygens (including phenoxy) is 1. The number of carbonyl (C=O) groups excluding carboxylic acids is 2. The Labute approximate surface area is 106 Å². The molecule has 0 spiro atoms. The highest BCUT2D eigenvalue weighted by atomic mass is 16.5. The number of urea groups is 1. The Hall–Kier alpha value is -2.04. The molecule has 18 heavy (non-hydrogen) atoms. The van der Waals surface area contributed by atoms with Crippen molar-refractivity contribution < 1.29 is 14.3 Å². The maximum atomic E-state index is 12.1. The molecule has 1 aliphatic heterocycles. The molecule has 0 aliphatic carbocycles. The van der Waals surface area contributed by atoms with Crippen molar-refractivity contribution in [3.63, 3.8) is 0 Å².